The van der Waals surface area contributed by atoms with E-state index in [4.69, 9.17) is 0 Å². The molecule has 4 aromatic carbocycles. The first-order valence-electron chi connectivity index (χ1n) is 12.1. The van der Waals surface area contributed by atoms with Gasteiger partial charge in [-0.3, -0.25) is 0 Å². The number of aliphatic hydroxyl groups is 1. The average Bonchev–Trinajstić information content (AvgIpc) is 3.22. The molecule has 0 saturated heterocycles. The lowest BCUT2D eigenvalue weighted by Gasteiger charge is -2.32. The van der Waals surface area contributed by atoms with Crippen molar-refractivity contribution in [3.05, 3.63) is 108 Å². The van der Waals surface area contributed by atoms with Gasteiger partial charge >= 0.3 is 0 Å². The molecule has 0 unspecified atom stereocenters. The lowest BCUT2D eigenvalue weighted by Crippen LogP contribution is -2.30. The summed E-state index contributed by atoms with van der Waals surface area (Å²) in [6.07, 6.45) is 0. The van der Waals surface area contributed by atoms with Gasteiger partial charge in [0.25, 0.3) is 0 Å². The molecular weight excluding hydrogens is 430 g/mol. The van der Waals surface area contributed by atoms with Gasteiger partial charge in [-0.2, -0.15) is 0 Å². The fourth-order valence-electron chi connectivity index (χ4n) is 5.21. The Labute approximate surface area is 207 Å². The zero-order valence-electron chi connectivity index (χ0n) is 21.2. The molecule has 0 spiro atoms. The van der Waals surface area contributed by atoms with E-state index < -0.39 is 5.60 Å². The number of rotatable bonds is 6. The fourth-order valence-corrected chi connectivity index (χ4v) is 5.21. The molecule has 4 heteroatoms. The highest BCUT2D eigenvalue weighted by molar-refractivity contribution is 6.09. The van der Waals surface area contributed by atoms with Crippen LogP contribution >= 0.6 is 0 Å². The van der Waals surface area contributed by atoms with Crippen molar-refractivity contribution < 1.29 is 5.11 Å². The van der Waals surface area contributed by atoms with Crippen molar-refractivity contribution in [1.82, 2.24) is 4.57 Å². The predicted octanol–water partition coefficient (Wildman–Crippen LogP) is 6.23. The molecule has 0 bridgehead atoms. The Balaban J connectivity index is 1.84. The van der Waals surface area contributed by atoms with Crippen molar-refractivity contribution >= 4 is 33.2 Å². The third-order valence-electron chi connectivity index (χ3n) is 7.10. The van der Waals surface area contributed by atoms with Crippen LogP contribution in [0.2, 0.25) is 0 Å². The molecule has 0 aliphatic rings. The highest BCUT2D eigenvalue weighted by atomic mass is 16.3. The maximum absolute atomic E-state index is 12.8. The van der Waals surface area contributed by atoms with Gasteiger partial charge in [-0.05, 0) is 48.4 Å². The monoisotopic (exact) mass is 463 g/mol. The molecular formula is C31H33N3O. The maximum Gasteiger partial charge on any atom is 0.142 e. The van der Waals surface area contributed by atoms with Gasteiger partial charge in [0, 0.05) is 68.0 Å². The number of hydrogen-bond donors (Lipinski definition) is 1. The second-order valence-corrected chi connectivity index (χ2v) is 9.56. The summed E-state index contributed by atoms with van der Waals surface area (Å²) in [6.45, 7) is 2.98. The van der Waals surface area contributed by atoms with E-state index in [0.29, 0.717) is 0 Å². The summed E-state index contributed by atoms with van der Waals surface area (Å²) in [4.78, 5) is 4.15. The van der Waals surface area contributed by atoms with Crippen LogP contribution in [0.15, 0.2) is 91.0 Å². The Morgan fingerprint density at radius 3 is 1.69 bits per heavy atom. The van der Waals surface area contributed by atoms with E-state index >= 15 is 0 Å². The minimum atomic E-state index is -1.32. The Morgan fingerprint density at radius 1 is 0.657 bits per heavy atom. The molecule has 35 heavy (non-hydrogen) atoms. The molecule has 0 radical (unpaired) electrons. The van der Waals surface area contributed by atoms with Crippen LogP contribution in [0.25, 0.3) is 21.8 Å². The van der Waals surface area contributed by atoms with Gasteiger partial charge in [-0.25, -0.2) is 0 Å². The van der Waals surface area contributed by atoms with Gasteiger partial charge in [0.2, 0.25) is 0 Å². The molecule has 5 rings (SSSR count). The summed E-state index contributed by atoms with van der Waals surface area (Å²) < 4.78 is 2.33. The Morgan fingerprint density at radius 2 is 1.17 bits per heavy atom. The van der Waals surface area contributed by atoms with Gasteiger partial charge < -0.3 is 19.5 Å². The topological polar surface area (TPSA) is 31.6 Å². The standard InChI is InChI=1S/C31H33N3O/c1-6-34-29-13-8-7-10-26(29)27-11-9-12-28(30(27)34)31(35,22-14-18-24(19-15-22)32(2)3)23-16-20-25(21-17-23)33(4)5/h7-21,35H,6H2,1-5H3. The summed E-state index contributed by atoms with van der Waals surface area (Å²) in [5.74, 6) is 0. The number of anilines is 2. The van der Waals surface area contributed by atoms with Crippen LogP contribution in [0.5, 0.6) is 0 Å². The third kappa shape index (κ3) is 3.65. The molecule has 0 saturated carbocycles. The number of fused-ring (bicyclic) bond motifs is 3. The molecule has 0 atom stereocenters. The van der Waals surface area contributed by atoms with Gasteiger partial charge in [0.15, 0.2) is 0 Å². The molecule has 0 amide bonds. The fraction of sp³-hybridized carbons (Fsp3) is 0.226. The normalized spacial score (nSPS) is 11.8. The van der Waals surface area contributed by atoms with E-state index in [-0.39, 0.29) is 0 Å². The summed E-state index contributed by atoms with van der Waals surface area (Å²) in [7, 11) is 8.12. The van der Waals surface area contributed by atoms with Gasteiger partial charge in [0.05, 0.1) is 5.52 Å². The van der Waals surface area contributed by atoms with Crippen LogP contribution < -0.4 is 9.80 Å². The zero-order chi connectivity index (χ0) is 24.7. The molecule has 4 nitrogen and oxygen atoms in total. The van der Waals surface area contributed by atoms with E-state index in [1.807, 2.05) is 52.5 Å². The predicted molar refractivity (Wildman–Crippen MR) is 149 cm³/mol. The number of aryl methyl sites for hydroxylation is 1. The number of hydrogen-bond acceptors (Lipinski definition) is 3. The van der Waals surface area contributed by atoms with E-state index in [9.17, 15) is 5.11 Å². The first-order valence-corrected chi connectivity index (χ1v) is 12.1. The molecule has 1 N–H and O–H groups in total. The quantitative estimate of drug-likeness (QED) is 0.303. The summed E-state index contributed by atoms with van der Waals surface area (Å²) >= 11 is 0. The van der Waals surface area contributed by atoms with Crippen LogP contribution in [0, 0.1) is 0 Å². The summed E-state index contributed by atoms with van der Waals surface area (Å²) in [5, 5.41) is 15.2. The summed E-state index contributed by atoms with van der Waals surface area (Å²) in [5.41, 5.74) is 5.72. The third-order valence-corrected chi connectivity index (χ3v) is 7.10. The molecule has 178 valence electrons. The van der Waals surface area contributed by atoms with Crippen molar-refractivity contribution in [2.45, 2.75) is 19.1 Å². The maximum atomic E-state index is 12.8. The number of benzene rings is 4. The molecule has 0 aliphatic heterocycles. The van der Waals surface area contributed by atoms with Crippen LogP contribution in [0.3, 0.4) is 0 Å². The van der Waals surface area contributed by atoms with Crippen molar-refractivity contribution in [3.63, 3.8) is 0 Å². The van der Waals surface area contributed by atoms with Crippen molar-refractivity contribution in [2.75, 3.05) is 38.0 Å². The average molecular weight is 464 g/mol. The van der Waals surface area contributed by atoms with E-state index in [1.165, 1.54) is 10.9 Å². The van der Waals surface area contributed by atoms with E-state index in [1.54, 1.807) is 0 Å². The SMILES string of the molecule is CCn1c2ccccc2c2cccc(C(O)(c3ccc(N(C)C)cc3)c3ccc(N(C)C)cc3)c21. The largest absolute Gasteiger partial charge is 0.378 e. The Hall–Kier alpha value is -3.76. The van der Waals surface area contributed by atoms with Crippen molar-refractivity contribution in [2.24, 2.45) is 0 Å². The minimum Gasteiger partial charge on any atom is -0.378 e. The van der Waals surface area contributed by atoms with Crippen molar-refractivity contribution in [1.29, 1.82) is 0 Å². The van der Waals surface area contributed by atoms with Crippen LogP contribution in [0.1, 0.15) is 23.6 Å². The number of aromatic nitrogens is 1. The van der Waals surface area contributed by atoms with Crippen LogP contribution in [-0.2, 0) is 12.1 Å². The summed E-state index contributed by atoms with van der Waals surface area (Å²) in [6, 6.07) is 31.3. The number of para-hydroxylation sites is 2. The molecule has 5 aromatic rings. The first kappa shape index (κ1) is 23.0. The second-order valence-electron chi connectivity index (χ2n) is 9.56. The number of nitrogens with zero attached hydrogens (tertiary/aromatic N) is 3. The van der Waals surface area contributed by atoms with Crippen LogP contribution in [0.4, 0.5) is 11.4 Å². The Bertz CT molecular complexity index is 1430. The van der Waals surface area contributed by atoms with Crippen molar-refractivity contribution in [3.8, 4) is 0 Å². The van der Waals surface area contributed by atoms with E-state index in [0.717, 1.165) is 45.5 Å². The minimum absolute atomic E-state index is 0.816. The van der Waals surface area contributed by atoms with Crippen LogP contribution in [-0.4, -0.2) is 37.9 Å². The van der Waals surface area contributed by atoms with Gasteiger partial charge in [-0.1, -0.05) is 60.7 Å². The van der Waals surface area contributed by atoms with Gasteiger partial charge in [0.1, 0.15) is 5.60 Å². The lowest BCUT2D eigenvalue weighted by molar-refractivity contribution is 0.127. The Kier molecular flexibility index (Phi) is 5.78. The van der Waals surface area contributed by atoms with Gasteiger partial charge in [-0.15, -0.1) is 0 Å². The highest BCUT2D eigenvalue weighted by Crippen LogP contribution is 2.43. The molecule has 0 fully saturated rings. The molecule has 1 aromatic heterocycles. The molecule has 0 aliphatic carbocycles. The molecule has 1 heterocycles. The zero-order valence-corrected chi connectivity index (χ0v) is 21.2. The first-order chi connectivity index (χ1) is 16.9. The second kappa shape index (κ2) is 8.79. The van der Waals surface area contributed by atoms with E-state index in [2.05, 4.69) is 88.0 Å². The smallest absolute Gasteiger partial charge is 0.142 e. The lowest BCUT2D eigenvalue weighted by atomic mass is 9.79. The highest BCUT2D eigenvalue weighted by Gasteiger charge is 2.36.